The molecule has 1 unspecified atom stereocenters. The summed E-state index contributed by atoms with van der Waals surface area (Å²) in [4.78, 5) is 0. The maximum atomic E-state index is 6.15. The van der Waals surface area contributed by atoms with Gasteiger partial charge in [0.2, 0.25) is 0 Å². The Labute approximate surface area is 111 Å². The SMILES string of the molecule is CCCOCCC(N)Cc1ccc2c(c1)CCC2. The van der Waals surface area contributed by atoms with Crippen LogP contribution >= 0.6 is 0 Å². The Balaban J connectivity index is 1.78. The van der Waals surface area contributed by atoms with E-state index in [1.54, 1.807) is 11.1 Å². The number of nitrogens with two attached hydrogens (primary N) is 1. The Morgan fingerprint density at radius 3 is 2.89 bits per heavy atom. The number of hydrogen-bond donors (Lipinski definition) is 1. The molecule has 0 aliphatic heterocycles. The standard InChI is InChI=1S/C16H25NO/c1-2-9-18-10-8-16(17)12-13-6-7-14-4-3-5-15(14)11-13/h6-7,11,16H,2-5,8-10,12,17H2,1H3. The molecule has 0 amide bonds. The third kappa shape index (κ3) is 3.82. The molecule has 2 N–H and O–H groups in total. The van der Waals surface area contributed by atoms with Gasteiger partial charge in [0.25, 0.3) is 0 Å². The van der Waals surface area contributed by atoms with E-state index in [9.17, 15) is 0 Å². The molecule has 2 nitrogen and oxygen atoms in total. The average molecular weight is 247 g/mol. The molecule has 2 rings (SSSR count). The summed E-state index contributed by atoms with van der Waals surface area (Å²) in [5, 5.41) is 0. The monoisotopic (exact) mass is 247 g/mol. The van der Waals surface area contributed by atoms with Crippen molar-refractivity contribution in [2.24, 2.45) is 5.73 Å². The lowest BCUT2D eigenvalue weighted by atomic mass is 10.00. The summed E-state index contributed by atoms with van der Waals surface area (Å²) in [7, 11) is 0. The maximum absolute atomic E-state index is 6.15. The largest absolute Gasteiger partial charge is 0.381 e. The predicted octanol–water partition coefficient (Wildman–Crippen LogP) is 2.86. The van der Waals surface area contributed by atoms with Gasteiger partial charge < -0.3 is 10.5 Å². The second-order valence-corrected chi connectivity index (χ2v) is 5.32. The van der Waals surface area contributed by atoms with Crippen molar-refractivity contribution in [3.63, 3.8) is 0 Å². The van der Waals surface area contributed by atoms with E-state index in [0.29, 0.717) is 0 Å². The van der Waals surface area contributed by atoms with Gasteiger partial charge in [-0.3, -0.25) is 0 Å². The highest BCUT2D eigenvalue weighted by atomic mass is 16.5. The van der Waals surface area contributed by atoms with Gasteiger partial charge in [0.1, 0.15) is 0 Å². The molecule has 0 fully saturated rings. The fraction of sp³-hybridized carbons (Fsp3) is 0.625. The molecule has 0 saturated heterocycles. The predicted molar refractivity (Wildman–Crippen MR) is 75.9 cm³/mol. The Morgan fingerprint density at radius 1 is 1.22 bits per heavy atom. The van der Waals surface area contributed by atoms with E-state index in [1.165, 1.54) is 24.8 Å². The molecule has 0 radical (unpaired) electrons. The molecule has 100 valence electrons. The van der Waals surface area contributed by atoms with Crippen LogP contribution in [0.4, 0.5) is 0 Å². The second-order valence-electron chi connectivity index (χ2n) is 5.32. The first-order chi connectivity index (χ1) is 8.79. The summed E-state index contributed by atoms with van der Waals surface area (Å²) in [6.07, 6.45) is 6.83. The third-order valence-electron chi connectivity index (χ3n) is 3.64. The van der Waals surface area contributed by atoms with Crippen LogP contribution in [-0.2, 0) is 24.0 Å². The highest BCUT2D eigenvalue weighted by Gasteiger charge is 2.12. The number of ether oxygens (including phenoxy) is 1. The van der Waals surface area contributed by atoms with Gasteiger partial charge in [-0.05, 0) is 55.2 Å². The van der Waals surface area contributed by atoms with Gasteiger partial charge in [0.15, 0.2) is 0 Å². The summed E-state index contributed by atoms with van der Waals surface area (Å²) >= 11 is 0. The van der Waals surface area contributed by atoms with Gasteiger partial charge in [-0.2, -0.15) is 0 Å². The number of benzene rings is 1. The van der Waals surface area contributed by atoms with Gasteiger partial charge in [-0.1, -0.05) is 25.1 Å². The molecule has 0 saturated carbocycles. The average Bonchev–Trinajstić information content (AvgIpc) is 2.82. The molecule has 0 aromatic heterocycles. The number of aryl methyl sites for hydroxylation is 2. The van der Waals surface area contributed by atoms with Gasteiger partial charge in [0.05, 0.1) is 0 Å². The lowest BCUT2D eigenvalue weighted by Crippen LogP contribution is -2.24. The van der Waals surface area contributed by atoms with Crippen molar-refractivity contribution in [2.75, 3.05) is 13.2 Å². The Hall–Kier alpha value is -0.860. The second kappa shape index (κ2) is 6.91. The summed E-state index contributed by atoms with van der Waals surface area (Å²) in [6, 6.07) is 7.12. The van der Waals surface area contributed by atoms with E-state index in [-0.39, 0.29) is 6.04 Å². The Morgan fingerprint density at radius 2 is 2.06 bits per heavy atom. The molecule has 2 heteroatoms. The van der Waals surface area contributed by atoms with Crippen molar-refractivity contribution in [1.82, 2.24) is 0 Å². The highest BCUT2D eigenvalue weighted by Crippen LogP contribution is 2.23. The van der Waals surface area contributed by atoms with Crippen molar-refractivity contribution in [3.05, 3.63) is 34.9 Å². The molecular formula is C16H25NO. The van der Waals surface area contributed by atoms with Crippen molar-refractivity contribution in [2.45, 2.75) is 51.5 Å². The molecule has 18 heavy (non-hydrogen) atoms. The molecule has 1 aliphatic rings. The first-order valence-corrected chi connectivity index (χ1v) is 7.23. The fourth-order valence-electron chi connectivity index (χ4n) is 2.64. The van der Waals surface area contributed by atoms with Gasteiger partial charge >= 0.3 is 0 Å². The molecule has 0 heterocycles. The fourth-order valence-corrected chi connectivity index (χ4v) is 2.64. The summed E-state index contributed by atoms with van der Waals surface area (Å²) in [5.74, 6) is 0. The highest BCUT2D eigenvalue weighted by molar-refractivity contribution is 5.35. The molecular weight excluding hydrogens is 222 g/mol. The normalized spacial score (nSPS) is 15.7. The zero-order valence-electron chi connectivity index (χ0n) is 11.5. The van der Waals surface area contributed by atoms with Crippen LogP contribution in [0.25, 0.3) is 0 Å². The van der Waals surface area contributed by atoms with Crippen LogP contribution in [0.15, 0.2) is 18.2 Å². The van der Waals surface area contributed by atoms with Crippen molar-refractivity contribution in [3.8, 4) is 0 Å². The lowest BCUT2D eigenvalue weighted by molar-refractivity contribution is 0.127. The molecule has 0 bridgehead atoms. The van der Waals surface area contributed by atoms with Crippen LogP contribution in [0.5, 0.6) is 0 Å². The van der Waals surface area contributed by atoms with Crippen LogP contribution in [-0.4, -0.2) is 19.3 Å². The maximum Gasteiger partial charge on any atom is 0.0480 e. The molecule has 0 spiro atoms. The van der Waals surface area contributed by atoms with E-state index in [2.05, 4.69) is 25.1 Å². The summed E-state index contributed by atoms with van der Waals surface area (Å²) in [6.45, 7) is 3.77. The van der Waals surface area contributed by atoms with E-state index >= 15 is 0 Å². The van der Waals surface area contributed by atoms with Crippen molar-refractivity contribution < 1.29 is 4.74 Å². The van der Waals surface area contributed by atoms with E-state index < -0.39 is 0 Å². The zero-order chi connectivity index (χ0) is 12.8. The number of fused-ring (bicyclic) bond motifs is 1. The van der Waals surface area contributed by atoms with Gasteiger partial charge in [0, 0.05) is 19.3 Å². The van der Waals surface area contributed by atoms with Gasteiger partial charge in [-0.25, -0.2) is 0 Å². The molecule has 1 aromatic rings. The minimum Gasteiger partial charge on any atom is -0.381 e. The number of hydrogen-bond acceptors (Lipinski definition) is 2. The van der Waals surface area contributed by atoms with Crippen molar-refractivity contribution >= 4 is 0 Å². The zero-order valence-corrected chi connectivity index (χ0v) is 11.5. The summed E-state index contributed by atoms with van der Waals surface area (Å²) < 4.78 is 5.49. The van der Waals surface area contributed by atoms with Crippen molar-refractivity contribution in [1.29, 1.82) is 0 Å². The van der Waals surface area contributed by atoms with Gasteiger partial charge in [-0.15, -0.1) is 0 Å². The molecule has 1 aliphatic carbocycles. The topological polar surface area (TPSA) is 35.2 Å². The van der Waals surface area contributed by atoms with Crippen LogP contribution in [0.1, 0.15) is 42.9 Å². The summed E-state index contributed by atoms with van der Waals surface area (Å²) in [5.41, 5.74) is 10.6. The quantitative estimate of drug-likeness (QED) is 0.752. The van der Waals surface area contributed by atoms with Crippen LogP contribution in [0, 0.1) is 0 Å². The Bertz CT molecular complexity index is 375. The first kappa shape index (κ1) is 13.6. The van der Waals surface area contributed by atoms with E-state index in [4.69, 9.17) is 10.5 Å². The third-order valence-corrected chi connectivity index (χ3v) is 3.64. The first-order valence-electron chi connectivity index (χ1n) is 7.23. The van der Waals surface area contributed by atoms with Crippen LogP contribution in [0.3, 0.4) is 0 Å². The lowest BCUT2D eigenvalue weighted by Gasteiger charge is -2.12. The number of rotatable bonds is 7. The minimum absolute atomic E-state index is 0.223. The smallest absolute Gasteiger partial charge is 0.0480 e. The molecule has 1 atom stereocenters. The van der Waals surface area contributed by atoms with Crippen LogP contribution < -0.4 is 5.73 Å². The minimum atomic E-state index is 0.223. The molecule has 1 aromatic carbocycles. The van der Waals surface area contributed by atoms with E-state index in [1.807, 2.05) is 0 Å². The van der Waals surface area contributed by atoms with Crippen LogP contribution in [0.2, 0.25) is 0 Å². The Kier molecular flexibility index (Phi) is 5.21. The van der Waals surface area contributed by atoms with E-state index in [0.717, 1.165) is 32.5 Å².